The lowest BCUT2D eigenvalue weighted by atomic mass is 9.69. The van der Waals surface area contributed by atoms with E-state index >= 15 is 0 Å². The summed E-state index contributed by atoms with van der Waals surface area (Å²) in [6.45, 7) is 7.49. The molecule has 0 amide bonds. The Kier molecular flexibility index (Phi) is 4.89. The number of fused-ring (bicyclic) bond motifs is 2. The van der Waals surface area contributed by atoms with Crippen molar-refractivity contribution in [3.05, 3.63) is 41.0 Å². The highest BCUT2D eigenvalue weighted by Gasteiger charge is 2.63. The number of allylic oxidation sites excluding steroid dienone is 1. The van der Waals surface area contributed by atoms with Crippen LogP contribution in [0.2, 0.25) is 0 Å². The highest BCUT2D eigenvalue weighted by Crippen LogP contribution is 2.66. The summed E-state index contributed by atoms with van der Waals surface area (Å²) in [5.74, 6) is 0.507. The molecule has 25 heavy (non-hydrogen) atoms. The molecule has 0 saturated heterocycles. The van der Waals surface area contributed by atoms with E-state index in [1.165, 1.54) is 0 Å². The van der Waals surface area contributed by atoms with Crippen molar-refractivity contribution in [3.63, 3.8) is 0 Å². The van der Waals surface area contributed by atoms with Gasteiger partial charge in [-0.2, -0.15) is 0 Å². The van der Waals surface area contributed by atoms with Gasteiger partial charge in [0.2, 0.25) is 0 Å². The normalized spacial score (nSPS) is 30.2. The second-order valence-electron chi connectivity index (χ2n) is 8.28. The van der Waals surface area contributed by atoms with Crippen molar-refractivity contribution in [1.29, 1.82) is 0 Å². The first-order chi connectivity index (χ1) is 11.8. The van der Waals surface area contributed by atoms with E-state index in [0.717, 1.165) is 29.5 Å². The molecule has 4 nitrogen and oxygen atoms in total. The lowest BCUT2D eigenvalue weighted by Crippen LogP contribution is -2.28. The van der Waals surface area contributed by atoms with E-state index < -0.39 is 6.10 Å². The average Bonchev–Trinajstić information content (AvgIpc) is 2.89. The molecule has 3 unspecified atom stereocenters. The maximum atomic E-state index is 12.8. The van der Waals surface area contributed by atoms with Gasteiger partial charge in [-0.3, -0.25) is 4.79 Å². The molecule has 0 spiro atoms. The minimum atomic E-state index is -0.725. The fraction of sp³-hybridized carbons (Fsp3) is 0.571. The maximum absolute atomic E-state index is 12.8. The highest BCUT2D eigenvalue weighted by molar-refractivity contribution is 6.06. The van der Waals surface area contributed by atoms with E-state index in [-0.39, 0.29) is 23.4 Å². The maximum Gasteiger partial charge on any atom is 0.163 e. The molecule has 1 aromatic carbocycles. The summed E-state index contributed by atoms with van der Waals surface area (Å²) in [5.41, 5.74) is 3.19. The van der Waals surface area contributed by atoms with Crippen LogP contribution in [0.1, 0.15) is 44.7 Å². The second kappa shape index (κ2) is 6.67. The Morgan fingerprint density at radius 1 is 1.28 bits per heavy atom. The fourth-order valence-corrected chi connectivity index (χ4v) is 4.48. The molecular formula is C21H29NO3. The van der Waals surface area contributed by atoms with Crippen LogP contribution < -0.4 is 5.32 Å². The Hall–Kier alpha value is -1.49. The molecule has 0 radical (unpaired) electrons. The van der Waals surface area contributed by atoms with E-state index in [2.05, 4.69) is 32.2 Å². The first kappa shape index (κ1) is 18.3. The van der Waals surface area contributed by atoms with Gasteiger partial charge in [-0.15, -0.1) is 0 Å². The molecule has 4 heteroatoms. The van der Waals surface area contributed by atoms with Crippen molar-refractivity contribution in [2.75, 3.05) is 13.2 Å². The first-order valence-electron chi connectivity index (χ1n) is 9.14. The number of hydrogen-bond donors (Lipinski definition) is 3. The summed E-state index contributed by atoms with van der Waals surface area (Å²) in [5, 5.41) is 21.2. The number of aliphatic hydroxyl groups is 2. The van der Waals surface area contributed by atoms with Crippen LogP contribution in [0, 0.1) is 16.7 Å². The van der Waals surface area contributed by atoms with Crippen LogP contribution in [0.25, 0.3) is 6.08 Å². The summed E-state index contributed by atoms with van der Waals surface area (Å²) in [6.07, 6.45) is 3.47. The minimum absolute atomic E-state index is 0.0184. The molecule has 1 aromatic rings. The second-order valence-corrected chi connectivity index (χ2v) is 8.28. The molecule has 2 bridgehead atoms. The summed E-state index contributed by atoms with van der Waals surface area (Å²) in [7, 11) is 0. The number of benzene rings is 1. The van der Waals surface area contributed by atoms with Crippen LogP contribution in [0.4, 0.5) is 0 Å². The topological polar surface area (TPSA) is 69.6 Å². The van der Waals surface area contributed by atoms with Crippen molar-refractivity contribution >= 4 is 11.9 Å². The molecule has 0 aliphatic heterocycles. The van der Waals surface area contributed by atoms with Crippen molar-refractivity contribution in [2.24, 2.45) is 16.7 Å². The lowest BCUT2D eigenvalue weighted by Gasteiger charge is -2.34. The van der Waals surface area contributed by atoms with Gasteiger partial charge in [0.15, 0.2) is 5.78 Å². The van der Waals surface area contributed by atoms with Crippen LogP contribution in [0.15, 0.2) is 29.8 Å². The Morgan fingerprint density at radius 2 is 1.96 bits per heavy atom. The molecule has 3 rings (SSSR count). The van der Waals surface area contributed by atoms with Gasteiger partial charge in [0, 0.05) is 30.0 Å². The molecule has 136 valence electrons. The first-order valence-corrected chi connectivity index (χ1v) is 9.14. The lowest BCUT2D eigenvalue weighted by molar-refractivity contribution is -0.119. The number of Topliss-reactive ketones (excluding diaryl/α,β-unsaturated/α-hetero) is 1. The zero-order chi connectivity index (χ0) is 18.2. The molecule has 2 aliphatic carbocycles. The van der Waals surface area contributed by atoms with Crippen molar-refractivity contribution in [1.82, 2.24) is 5.32 Å². The standard InChI is InChI=1S/C21H29NO3/c1-20(2)17-8-9-21(20,3)18(19(17)25)10-14-4-6-15(7-5-14)11-22-12-16(24)13-23/h4-7,10,16-17,22-24H,8-9,11-13H2,1-3H3. The number of nitrogens with one attached hydrogen (secondary N) is 1. The number of hydrogen-bond acceptors (Lipinski definition) is 4. The number of ketones is 1. The third-order valence-corrected chi connectivity index (χ3v) is 6.61. The summed E-state index contributed by atoms with van der Waals surface area (Å²) < 4.78 is 0. The third-order valence-electron chi connectivity index (χ3n) is 6.61. The minimum Gasteiger partial charge on any atom is -0.394 e. The third kappa shape index (κ3) is 3.07. The summed E-state index contributed by atoms with van der Waals surface area (Å²) in [4.78, 5) is 12.8. The Labute approximate surface area is 150 Å². The Bertz CT molecular complexity index is 677. The van der Waals surface area contributed by atoms with Gasteiger partial charge >= 0.3 is 0 Å². The van der Waals surface area contributed by atoms with Gasteiger partial charge in [0.05, 0.1) is 12.7 Å². The van der Waals surface area contributed by atoms with E-state index in [0.29, 0.717) is 18.9 Å². The molecule has 3 atom stereocenters. The molecule has 2 fully saturated rings. The molecule has 2 aliphatic rings. The van der Waals surface area contributed by atoms with E-state index in [1.807, 2.05) is 24.3 Å². The number of rotatable bonds is 6. The van der Waals surface area contributed by atoms with Crippen LogP contribution in [-0.2, 0) is 11.3 Å². The van der Waals surface area contributed by atoms with Gasteiger partial charge < -0.3 is 15.5 Å². The predicted molar refractivity (Wildman–Crippen MR) is 98.8 cm³/mol. The average molecular weight is 343 g/mol. The van der Waals surface area contributed by atoms with Gasteiger partial charge in [0.1, 0.15) is 0 Å². The van der Waals surface area contributed by atoms with Crippen molar-refractivity contribution in [3.8, 4) is 0 Å². The van der Waals surface area contributed by atoms with Crippen molar-refractivity contribution < 1.29 is 15.0 Å². The van der Waals surface area contributed by atoms with E-state index in [4.69, 9.17) is 5.11 Å². The van der Waals surface area contributed by atoms with Gasteiger partial charge in [-0.1, -0.05) is 45.0 Å². The quantitative estimate of drug-likeness (QED) is 0.694. The Morgan fingerprint density at radius 3 is 2.52 bits per heavy atom. The molecule has 0 aromatic heterocycles. The van der Waals surface area contributed by atoms with Gasteiger partial charge in [-0.25, -0.2) is 0 Å². The van der Waals surface area contributed by atoms with Gasteiger partial charge in [0.25, 0.3) is 0 Å². The molecule has 2 saturated carbocycles. The van der Waals surface area contributed by atoms with Crippen LogP contribution >= 0.6 is 0 Å². The fourth-order valence-electron chi connectivity index (χ4n) is 4.48. The summed E-state index contributed by atoms with van der Waals surface area (Å²) in [6, 6.07) is 8.16. The molecule has 0 heterocycles. The smallest absolute Gasteiger partial charge is 0.163 e. The van der Waals surface area contributed by atoms with Crippen LogP contribution in [0.3, 0.4) is 0 Å². The SMILES string of the molecule is CC12CCC(C(=O)C1=Cc1ccc(CNCC(O)CO)cc1)C2(C)C. The number of carbonyl (C=O) groups excluding carboxylic acids is 1. The van der Waals surface area contributed by atoms with Crippen LogP contribution in [-0.4, -0.2) is 35.3 Å². The zero-order valence-corrected chi connectivity index (χ0v) is 15.4. The van der Waals surface area contributed by atoms with E-state index in [9.17, 15) is 9.90 Å². The van der Waals surface area contributed by atoms with Crippen LogP contribution in [0.5, 0.6) is 0 Å². The number of carbonyl (C=O) groups is 1. The predicted octanol–water partition coefficient (Wildman–Crippen LogP) is 2.54. The molecule has 3 N–H and O–H groups in total. The monoisotopic (exact) mass is 343 g/mol. The Balaban J connectivity index is 1.71. The molecular weight excluding hydrogens is 314 g/mol. The number of aliphatic hydroxyl groups excluding tert-OH is 2. The summed E-state index contributed by atoms with van der Waals surface area (Å²) >= 11 is 0. The van der Waals surface area contributed by atoms with Crippen molar-refractivity contribution in [2.45, 2.75) is 46.3 Å². The van der Waals surface area contributed by atoms with E-state index in [1.54, 1.807) is 0 Å². The largest absolute Gasteiger partial charge is 0.394 e. The highest BCUT2D eigenvalue weighted by atomic mass is 16.3. The van der Waals surface area contributed by atoms with Gasteiger partial charge in [-0.05, 0) is 35.5 Å². The zero-order valence-electron chi connectivity index (χ0n) is 15.4.